The highest BCUT2D eigenvalue weighted by molar-refractivity contribution is 14.1. The molecule has 3 amide bonds. The SMILES string of the molecule is CCC(=O)N(C)c1c(I)c(C(=O)O)c(I)c(N2C(=O)CCCC2=O)c1I. The predicted molar refractivity (Wildman–Crippen MR) is 122 cm³/mol. The molecular weight excluding hydrogens is 681 g/mol. The average molecular weight is 696 g/mol. The van der Waals surface area contributed by atoms with Gasteiger partial charge in [0.25, 0.3) is 0 Å². The Hall–Kier alpha value is -0.510. The van der Waals surface area contributed by atoms with Gasteiger partial charge in [-0.3, -0.25) is 14.4 Å². The molecule has 1 aromatic carbocycles. The summed E-state index contributed by atoms with van der Waals surface area (Å²) in [4.78, 5) is 51.4. The minimum absolute atomic E-state index is 0.0152. The standard InChI is InChI=1S/C16H15I3N2O5/c1-3-7(22)20(2)14-11(17)10(16(25)26)12(18)15(13(14)19)21-8(23)5-4-6-9(21)24/h3-6H2,1-2H3,(H,25,26). The Labute approximate surface area is 191 Å². The normalized spacial score (nSPS) is 14.6. The van der Waals surface area contributed by atoms with Gasteiger partial charge in [0, 0.05) is 26.3 Å². The number of rotatable bonds is 4. The van der Waals surface area contributed by atoms with Crippen LogP contribution >= 0.6 is 67.8 Å². The molecule has 1 heterocycles. The zero-order valence-electron chi connectivity index (χ0n) is 13.9. The average Bonchev–Trinajstić information content (AvgIpc) is 2.56. The first-order valence-corrected chi connectivity index (χ1v) is 10.9. The molecule has 0 spiro atoms. The van der Waals surface area contributed by atoms with E-state index in [-0.39, 0.29) is 48.2 Å². The third kappa shape index (κ3) is 3.86. The van der Waals surface area contributed by atoms with Crippen LogP contribution in [0.25, 0.3) is 0 Å². The van der Waals surface area contributed by atoms with E-state index in [1.54, 1.807) is 14.0 Å². The van der Waals surface area contributed by atoms with Crippen LogP contribution in [0.1, 0.15) is 43.0 Å². The third-order valence-electron chi connectivity index (χ3n) is 4.00. The van der Waals surface area contributed by atoms with Crippen molar-refractivity contribution < 1.29 is 24.3 Å². The summed E-state index contributed by atoms with van der Waals surface area (Å²) in [6.07, 6.45) is 1.18. The summed E-state index contributed by atoms with van der Waals surface area (Å²) in [6.45, 7) is 1.71. The minimum Gasteiger partial charge on any atom is -0.478 e. The third-order valence-corrected chi connectivity index (χ3v) is 7.12. The van der Waals surface area contributed by atoms with Crippen LogP contribution in [0.5, 0.6) is 0 Å². The van der Waals surface area contributed by atoms with Crippen LogP contribution in [0.3, 0.4) is 0 Å². The summed E-state index contributed by atoms with van der Waals surface area (Å²) in [5.41, 5.74) is 0.639. The van der Waals surface area contributed by atoms with E-state index in [0.29, 0.717) is 22.8 Å². The molecule has 0 aromatic heterocycles. The maximum atomic E-state index is 12.4. The van der Waals surface area contributed by atoms with Gasteiger partial charge in [-0.25, -0.2) is 9.69 Å². The summed E-state index contributed by atoms with van der Waals surface area (Å²) in [6, 6.07) is 0. The largest absolute Gasteiger partial charge is 0.478 e. The highest BCUT2D eigenvalue weighted by Crippen LogP contribution is 2.43. The van der Waals surface area contributed by atoms with Crippen molar-refractivity contribution in [1.82, 2.24) is 0 Å². The highest BCUT2D eigenvalue weighted by Gasteiger charge is 2.35. The Morgan fingerprint density at radius 3 is 2.08 bits per heavy atom. The molecule has 0 aliphatic carbocycles. The van der Waals surface area contributed by atoms with Crippen LogP contribution in [0, 0.1) is 10.7 Å². The fourth-order valence-corrected chi connectivity index (χ4v) is 7.52. The second-order valence-electron chi connectivity index (χ2n) is 5.60. The number of carbonyl (C=O) groups excluding carboxylic acids is 3. The van der Waals surface area contributed by atoms with Crippen molar-refractivity contribution in [3.8, 4) is 0 Å². The van der Waals surface area contributed by atoms with Crippen molar-refractivity contribution in [2.45, 2.75) is 32.6 Å². The summed E-state index contributed by atoms with van der Waals surface area (Å²) in [5, 5.41) is 9.69. The highest BCUT2D eigenvalue weighted by atomic mass is 127. The Kier molecular flexibility index (Phi) is 7.26. The van der Waals surface area contributed by atoms with Crippen LogP contribution in [-0.2, 0) is 14.4 Å². The molecule has 0 radical (unpaired) electrons. The van der Waals surface area contributed by atoms with Crippen LogP contribution < -0.4 is 9.80 Å². The number of hydrogen-bond donors (Lipinski definition) is 1. The second kappa shape index (κ2) is 8.67. The van der Waals surface area contributed by atoms with Gasteiger partial charge in [0.05, 0.1) is 27.6 Å². The number of piperidine rings is 1. The first-order valence-electron chi connectivity index (χ1n) is 7.69. The Morgan fingerprint density at radius 1 is 1.08 bits per heavy atom. The molecule has 1 fully saturated rings. The number of carboxylic acid groups (broad SMARTS) is 1. The minimum atomic E-state index is -1.17. The topological polar surface area (TPSA) is 95.0 Å². The summed E-state index contributed by atoms with van der Waals surface area (Å²) in [5.74, 6) is -2.08. The fourth-order valence-electron chi connectivity index (χ4n) is 2.68. The lowest BCUT2D eigenvalue weighted by Crippen LogP contribution is -2.42. The van der Waals surface area contributed by atoms with Crippen LogP contribution in [-0.4, -0.2) is 35.8 Å². The van der Waals surface area contributed by atoms with Crippen molar-refractivity contribution in [1.29, 1.82) is 0 Å². The van der Waals surface area contributed by atoms with Gasteiger partial charge in [0.1, 0.15) is 0 Å². The molecule has 26 heavy (non-hydrogen) atoms. The molecule has 10 heteroatoms. The summed E-state index contributed by atoms with van der Waals surface area (Å²) >= 11 is 5.73. The number of amides is 3. The Morgan fingerprint density at radius 2 is 1.62 bits per heavy atom. The van der Waals surface area contributed by atoms with Gasteiger partial charge < -0.3 is 10.0 Å². The van der Waals surface area contributed by atoms with E-state index in [9.17, 15) is 24.3 Å². The van der Waals surface area contributed by atoms with Crippen molar-refractivity contribution in [3.63, 3.8) is 0 Å². The van der Waals surface area contributed by atoms with Gasteiger partial charge in [0.2, 0.25) is 17.7 Å². The predicted octanol–water partition coefficient (Wildman–Crippen LogP) is 3.61. The number of benzene rings is 1. The van der Waals surface area contributed by atoms with Gasteiger partial charge in [-0.15, -0.1) is 0 Å². The number of anilines is 2. The molecule has 7 nitrogen and oxygen atoms in total. The molecule has 0 bridgehead atoms. The summed E-state index contributed by atoms with van der Waals surface area (Å²) in [7, 11) is 1.56. The smallest absolute Gasteiger partial charge is 0.338 e. The lowest BCUT2D eigenvalue weighted by Gasteiger charge is -2.30. The zero-order valence-corrected chi connectivity index (χ0v) is 20.4. The maximum Gasteiger partial charge on any atom is 0.338 e. The fraction of sp³-hybridized carbons (Fsp3) is 0.375. The molecule has 0 atom stereocenters. The van der Waals surface area contributed by atoms with E-state index in [0.717, 1.165) is 4.90 Å². The van der Waals surface area contributed by atoms with Crippen molar-refractivity contribution in [2.75, 3.05) is 16.8 Å². The van der Waals surface area contributed by atoms with E-state index in [2.05, 4.69) is 0 Å². The van der Waals surface area contributed by atoms with E-state index in [4.69, 9.17) is 0 Å². The number of aromatic carboxylic acids is 1. The maximum absolute atomic E-state index is 12.4. The monoisotopic (exact) mass is 696 g/mol. The van der Waals surface area contributed by atoms with Crippen molar-refractivity contribution >= 4 is 103 Å². The van der Waals surface area contributed by atoms with E-state index < -0.39 is 5.97 Å². The number of hydrogen-bond acceptors (Lipinski definition) is 4. The van der Waals surface area contributed by atoms with Crippen molar-refractivity contribution in [3.05, 3.63) is 16.3 Å². The lowest BCUT2D eigenvalue weighted by atomic mass is 10.1. The second-order valence-corrected chi connectivity index (χ2v) is 8.84. The van der Waals surface area contributed by atoms with Gasteiger partial charge in [-0.2, -0.15) is 0 Å². The van der Waals surface area contributed by atoms with Crippen LogP contribution in [0.2, 0.25) is 0 Å². The van der Waals surface area contributed by atoms with Gasteiger partial charge >= 0.3 is 5.97 Å². The Bertz CT molecular complexity index is 809. The first kappa shape index (κ1) is 21.8. The molecule has 2 rings (SSSR count). The first-order chi connectivity index (χ1) is 12.1. The van der Waals surface area contributed by atoms with Gasteiger partial charge in [-0.1, -0.05) is 6.92 Å². The molecule has 1 saturated heterocycles. The molecule has 140 valence electrons. The number of nitrogens with zero attached hydrogens (tertiary/aromatic N) is 2. The molecule has 1 aliphatic heterocycles. The molecular formula is C16H15I3N2O5. The Balaban J connectivity index is 2.85. The van der Waals surface area contributed by atoms with Crippen LogP contribution in [0.15, 0.2) is 0 Å². The number of carbonyl (C=O) groups is 4. The number of halogens is 3. The van der Waals surface area contributed by atoms with Crippen LogP contribution in [0.4, 0.5) is 11.4 Å². The van der Waals surface area contributed by atoms with E-state index >= 15 is 0 Å². The quantitative estimate of drug-likeness (QED) is 0.384. The molecule has 0 unspecified atom stereocenters. The molecule has 1 N–H and O–H groups in total. The van der Waals surface area contributed by atoms with E-state index in [1.165, 1.54) is 4.90 Å². The van der Waals surface area contributed by atoms with Gasteiger partial charge in [0.15, 0.2) is 0 Å². The molecule has 1 aromatic rings. The summed E-state index contributed by atoms with van der Waals surface area (Å²) < 4.78 is 1.22. The lowest BCUT2D eigenvalue weighted by molar-refractivity contribution is -0.129. The molecule has 0 saturated carbocycles. The number of imide groups is 1. The van der Waals surface area contributed by atoms with Crippen molar-refractivity contribution in [2.24, 2.45) is 0 Å². The van der Waals surface area contributed by atoms with E-state index in [1.807, 2.05) is 67.8 Å². The molecule has 1 aliphatic rings. The van der Waals surface area contributed by atoms with Gasteiger partial charge in [-0.05, 0) is 74.2 Å². The zero-order chi connectivity index (χ0) is 19.8. The number of carboxylic acids is 1.